The molecule has 0 unspecified atom stereocenters. The van der Waals surface area contributed by atoms with Crippen LogP contribution in [-0.2, 0) is 28.8 Å². The lowest BCUT2D eigenvalue weighted by Crippen LogP contribution is -2.53. The number of primary amides is 1. The Balaban J connectivity index is 4.87. The lowest BCUT2D eigenvalue weighted by molar-refractivity contribution is -0.140. The molecule has 214 valence electrons. The number of nitrogens with zero attached hydrogens (tertiary/aromatic N) is 4. The second-order valence-corrected chi connectivity index (χ2v) is 8.81. The lowest BCUT2D eigenvalue weighted by atomic mass is 10.1. The summed E-state index contributed by atoms with van der Waals surface area (Å²) in [6.45, 7) is -0.0689. The fraction of sp³-hybridized carbons (Fsp3) is 0.727. The molecule has 0 saturated carbocycles. The third kappa shape index (κ3) is 18.4. The van der Waals surface area contributed by atoms with Crippen LogP contribution in [0, 0.1) is 0 Å². The Morgan fingerprint density at radius 1 is 0.921 bits per heavy atom. The van der Waals surface area contributed by atoms with Crippen LogP contribution in [0.4, 0.5) is 0 Å². The number of carbonyl (C=O) groups is 6. The van der Waals surface area contributed by atoms with E-state index >= 15 is 0 Å². The zero-order chi connectivity index (χ0) is 28.9. The minimum absolute atomic E-state index is 0.214. The van der Waals surface area contributed by atoms with Gasteiger partial charge < -0.3 is 37.0 Å². The van der Waals surface area contributed by atoms with Gasteiger partial charge in [-0.2, -0.15) is 0 Å². The zero-order valence-corrected chi connectivity index (χ0v) is 21.9. The summed E-state index contributed by atoms with van der Waals surface area (Å²) in [5.41, 5.74) is 13.4. The second kappa shape index (κ2) is 20.2. The van der Waals surface area contributed by atoms with Crippen LogP contribution in [0.5, 0.6) is 0 Å². The number of nitrogens with two attached hydrogens (primary N) is 1. The maximum atomic E-state index is 12.6. The molecular formula is C22H39N9O7. The molecule has 0 aliphatic carbocycles. The number of amides is 5. The van der Waals surface area contributed by atoms with Gasteiger partial charge in [0.25, 0.3) is 0 Å². The Kier molecular flexibility index (Phi) is 18.1. The van der Waals surface area contributed by atoms with Crippen molar-refractivity contribution in [2.24, 2.45) is 10.8 Å². The van der Waals surface area contributed by atoms with E-state index in [1.54, 1.807) is 0 Å². The number of nitrogens with one attached hydrogen (secondary N) is 4. The summed E-state index contributed by atoms with van der Waals surface area (Å²) in [6, 6.07) is -2.35. The second-order valence-electron chi connectivity index (χ2n) is 8.81. The standard InChI is InChI=1S/C22H39N9O7/c1-31(2)11-7-5-8-15(28-19(34)14-27-30-24)21(37)26-13-18(33)29-16(12-20(35)36)22(38)25-10-6-3-4-9-17(23)32/h15-16H,3-14H2,1-2H3,(H2,23,32)(H,25,38)(H,26,37)(H,28,34)(H,29,33)(H,35,36)/t15-,16-/m0/s1. The fourth-order valence-electron chi connectivity index (χ4n) is 3.24. The molecule has 0 aromatic carbocycles. The van der Waals surface area contributed by atoms with E-state index in [1.165, 1.54) is 0 Å². The summed E-state index contributed by atoms with van der Waals surface area (Å²) in [4.78, 5) is 75.6. The minimum atomic E-state index is -1.37. The van der Waals surface area contributed by atoms with Gasteiger partial charge in [0.2, 0.25) is 29.5 Å². The van der Waals surface area contributed by atoms with Crippen molar-refractivity contribution in [3.05, 3.63) is 10.4 Å². The number of aliphatic carboxylic acids is 1. The van der Waals surface area contributed by atoms with E-state index in [2.05, 4.69) is 31.3 Å². The Bertz CT molecular complexity index is 860. The molecule has 0 aliphatic rings. The van der Waals surface area contributed by atoms with Crippen LogP contribution in [0.2, 0.25) is 0 Å². The van der Waals surface area contributed by atoms with Gasteiger partial charge in [0.1, 0.15) is 18.6 Å². The molecule has 0 rings (SSSR count). The van der Waals surface area contributed by atoms with Gasteiger partial charge in [0, 0.05) is 17.9 Å². The van der Waals surface area contributed by atoms with Gasteiger partial charge in [0.05, 0.1) is 13.0 Å². The number of carboxylic acid groups (broad SMARTS) is 1. The highest BCUT2D eigenvalue weighted by Gasteiger charge is 2.25. The van der Waals surface area contributed by atoms with Crippen LogP contribution >= 0.6 is 0 Å². The van der Waals surface area contributed by atoms with Gasteiger partial charge in [0.15, 0.2) is 0 Å². The quantitative estimate of drug-likeness (QED) is 0.0442. The molecule has 0 saturated heterocycles. The van der Waals surface area contributed by atoms with Crippen molar-refractivity contribution >= 4 is 35.5 Å². The number of rotatable bonds is 21. The molecule has 7 N–H and O–H groups in total. The van der Waals surface area contributed by atoms with E-state index in [-0.39, 0.29) is 19.4 Å². The van der Waals surface area contributed by atoms with Gasteiger partial charge in [-0.15, -0.1) is 0 Å². The molecule has 2 atom stereocenters. The molecule has 0 radical (unpaired) electrons. The van der Waals surface area contributed by atoms with Crippen LogP contribution in [0.15, 0.2) is 5.11 Å². The minimum Gasteiger partial charge on any atom is -0.481 e. The highest BCUT2D eigenvalue weighted by molar-refractivity contribution is 5.93. The first-order valence-electron chi connectivity index (χ1n) is 12.3. The molecule has 0 aromatic rings. The monoisotopic (exact) mass is 541 g/mol. The third-order valence-corrected chi connectivity index (χ3v) is 5.13. The summed E-state index contributed by atoms with van der Waals surface area (Å²) in [7, 11) is 3.80. The zero-order valence-electron chi connectivity index (χ0n) is 21.9. The summed E-state index contributed by atoms with van der Waals surface area (Å²) in [5, 5.41) is 21.9. The highest BCUT2D eigenvalue weighted by atomic mass is 16.4. The van der Waals surface area contributed by atoms with Crippen LogP contribution in [0.25, 0.3) is 10.4 Å². The van der Waals surface area contributed by atoms with Crippen LogP contribution in [0.1, 0.15) is 51.4 Å². The number of hydrogen-bond acceptors (Lipinski definition) is 8. The number of unbranched alkanes of at least 4 members (excludes halogenated alkanes) is 3. The largest absolute Gasteiger partial charge is 0.481 e. The number of carboxylic acids is 1. The fourth-order valence-corrected chi connectivity index (χ4v) is 3.24. The van der Waals surface area contributed by atoms with E-state index in [0.29, 0.717) is 25.7 Å². The van der Waals surface area contributed by atoms with Crippen LogP contribution < -0.4 is 27.0 Å². The maximum absolute atomic E-state index is 12.6. The molecular weight excluding hydrogens is 502 g/mol. The number of azide groups is 1. The van der Waals surface area contributed by atoms with Gasteiger partial charge >= 0.3 is 5.97 Å². The summed E-state index contributed by atoms with van der Waals surface area (Å²) in [6.07, 6.45) is 2.89. The van der Waals surface area contributed by atoms with Crippen molar-refractivity contribution < 1.29 is 33.9 Å². The van der Waals surface area contributed by atoms with Gasteiger partial charge in [-0.25, -0.2) is 0 Å². The normalized spacial score (nSPS) is 12.0. The maximum Gasteiger partial charge on any atom is 0.305 e. The molecule has 5 amide bonds. The van der Waals surface area contributed by atoms with Crippen LogP contribution in [-0.4, -0.2) is 97.9 Å². The van der Waals surface area contributed by atoms with Gasteiger partial charge in [-0.3, -0.25) is 28.8 Å². The first-order chi connectivity index (χ1) is 18.0. The molecule has 16 heteroatoms. The molecule has 0 fully saturated rings. The summed E-state index contributed by atoms with van der Waals surface area (Å²) < 4.78 is 0. The average Bonchev–Trinajstić information content (AvgIpc) is 2.83. The Morgan fingerprint density at radius 3 is 2.18 bits per heavy atom. The van der Waals surface area contributed by atoms with Crippen molar-refractivity contribution in [3.8, 4) is 0 Å². The molecule has 0 spiro atoms. The Morgan fingerprint density at radius 2 is 1.58 bits per heavy atom. The molecule has 0 bridgehead atoms. The van der Waals surface area contributed by atoms with Crippen LogP contribution in [0.3, 0.4) is 0 Å². The van der Waals surface area contributed by atoms with Crippen molar-refractivity contribution in [2.45, 2.75) is 63.5 Å². The SMILES string of the molecule is CN(C)CCCC[C@H](NC(=O)CN=[N+]=[N-])C(=O)NCC(=O)N[C@@H](CC(=O)O)C(=O)NCCCCCC(N)=O. The van der Waals surface area contributed by atoms with E-state index in [1.807, 2.05) is 19.0 Å². The number of hydrogen-bond donors (Lipinski definition) is 6. The first-order valence-corrected chi connectivity index (χ1v) is 12.3. The smallest absolute Gasteiger partial charge is 0.305 e. The van der Waals surface area contributed by atoms with E-state index < -0.39 is 67.1 Å². The topological polar surface area (TPSA) is 249 Å². The predicted molar refractivity (Wildman–Crippen MR) is 136 cm³/mol. The van der Waals surface area contributed by atoms with Gasteiger partial charge in [-0.1, -0.05) is 11.5 Å². The molecule has 0 aromatic heterocycles. The van der Waals surface area contributed by atoms with Gasteiger partial charge in [-0.05, 0) is 58.3 Å². The third-order valence-electron chi connectivity index (χ3n) is 5.13. The molecule has 0 heterocycles. The lowest BCUT2D eigenvalue weighted by Gasteiger charge is -2.20. The molecule has 0 aliphatic heterocycles. The van der Waals surface area contributed by atoms with E-state index in [4.69, 9.17) is 16.4 Å². The molecule has 16 nitrogen and oxygen atoms in total. The van der Waals surface area contributed by atoms with E-state index in [9.17, 15) is 28.8 Å². The molecule has 38 heavy (non-hydrogen) atoms. The number of carbonyl (C=O) groups excluding carboxylic acids is 5. The summed E-state index contributed by atoms with van der Waals surface area (Å²) in [5.74, 6) is -4.55. The average molecular weight is 542 g/mol. The van der Waals surface area contributed by atoms with Crippen molar-refractivity contribution in [1.29, 1.82) is 0 Å². The Labute approximate surface area is 221 Å². The first kappa shape index (κ1) is 34.1. The highest BCUT2D eigenvalue weighted by Crippen LogP contribution is 2.03. The van der Waals surface area contributed by atoms with Crippen molar-refractivity contribution in [3.63, 3.8) is 0 Å². The summed E-state index contributed by atoms with van der Waals surface area (Å²) >= 11 is 0. The van der Waals surface area contributed by atoms with Crippen molar-refractivity contribution in [2.75, 3.05) is 40.3 Å². The predicted octanol–water partition coefficient (Wildman–Crippen LogP) is -1.25. The Hall–Kier alpha value is -3.91. The van der Waals surface area contributed by atoms with E-state index in [0.717, 1.165) is 13.0 Å². The van der Waals surface area contributed by atoms with Crippen molar-refractivity contribution in [1.82, 2.24) is 26.2 Å².